The van der Waals surface area contributed by atoms with E-state index in [9.17, 15) is 9.18 Å². The van der Waals surface area contributed by atoms with E-state index in [-0.39, 0.29) is 17.4 Å². The molecule has 0 saturated heterocycles. The maximum absolute atomic E-state index is 13.3. The van der Waals surface area contributed by atoms with Crippen molar-refractivity contribution < 1.29 is 28.1 Å². The Labute approximate surface area is 190 Å². The highest BCUT2D eigenvalue weighted by atomic mass is 35.5. The van der Waals surface area contributed by atoms with Gasteiger partial charge in [0.05, 0.1) is 31.9 Å². The van der Waals surface area contributed by atoms with Crippen LogP contribution in [0.15, 0.2) is 60.7 Å². The SMILES string of the molecule is COc1ccc(OC)c(C(=O)/C=C/c2ccc(OC)c(COc3ccc(F)c(Cl)c3)c2)c1. The summed E-state index contributed by atoms with van der Waals surface area (Å²) in [4.78, 5) is 12.7. The fraction of sp³-hybridized carbons (Fsp3) is 0.160. The lowest BCUT2D eigenvalue weighted by atomic mass is 10.1. The summed E-state index contributed by atoms with van der Waals surface area (Å²) in [6.45, 7) is 0.171. The minimum Gasteiger partial charge on any atom is -0.497 e. The van der Waals surface area contributed by atoms with Gasteiger partial charge in [-0.05, 0) is 54.1 Å². The first-order valence-electron chi connectivity index (χ1n) is 9.64. The molecular weight excluding hydrogens is 435 g/mol. The molecule has 3 aromatic carbocycles. The van der Waals surface area contributed by atoms with Gasteiger partial charge in [-0.3, -0.25) is 4.79 Å². The largest absolute Gasteiger partial charge is 0.497 e. The second-order valence-corrected chi connectivity index (χ2v) is 7.11. The molecule has 5 nitrogen and oxygen atoms in total. The molecule has 0 aliphatic heterocycles. The zero-order valence-electron chi connectivity index (χ0n) is 17.9. The molecule has 0 aliphatic carbocycles. The van der Waals surface area contributed by atoms with Crippen molar-refractivity contribution in [3.05, 3.63) is 88.2 Å². The average Bonchev–Trinajstić information content (AvgIpc) is 2.82. The molecule has 0 aromatic heterocycles. The Morgan fingerprint density at radius 1 is 0.906 bits per heavy atom. The molecule has 32 heavy (non-hydrogen) atoms. The molecule has 0 heterocycles. The van der Waals surface area contributed by atoms with Gasteiger partial charge in [-0.25, -0.2) is 4.39 Å². The van der Waals surface area contributed by atoms with Gasteiger partial charge >= 0.3 is 0 Å². The first-order chi connectivity index (χ1) is 15.4. The van der Waals surface area contributed by atoms with E-state index in [1.165, 1.54) is 38.5 Å². The molecule has 0 fully saturated rings. The highest BCUT2D eigenvalue weighted by Gasteiger charge is 2.12. The molecule has 166 valence electrons. The van der Waals surface area contributed by atoms with Crippen LogP contribution in [0.4, 0.5) is 4.39 Å². The number of ether oxygens (including phenoxy) is 4. The zero-order chi connectivity index (χ0) is 23.1. The molecule has 0 bridgehead atoms. The van der Waals surface area contributed by atoms with Crippen LogP contribution in [0.2, 0.25) is 5.02 Å². The van der Waals surface area contributed by atoms with Gasteiger partial charge < -0.3 is 18.9 Å². The topological polar surface area (TPSA) is 54.0 Å². The third kappa shape index (κ3) is 5.59. The minimum atomic E-state index is -0.513. The molecule has 0 N–H and O–H groups in total. The van der Waals surface area contributed by atoms with E-state index >= 15 is 0 Å². The average molecular weight is 457 g/mol. The van der Waals surface area contributed by atoms with Crippen molar-refractivity contribution in [3.63, 3.8) is 0 Å². The van der Waals surface area contributed by atoms with Crippen LogP contribution in [0.5, 0.6) is 23.0 Å². The highest BCUT2D eigenvalue weighted by molar-refractivity contribution is 6.30. The summed E-state index contributed by atoms with van der Waals surface area (Å²) in [6.07, 6.45) is 3.16. The number of allylic oxidation sites excluding steroid dienone is 1. The summed E-state index contributed by atoms with van der Waals surface area (Å²) >= 11 is 5.80. The van der Waals surface area contributed by atoms with Crippen molar-refractivity contribution in [2.75, 3.05) is 21.3 Å². The number of carbonyl (C=O) groups excluding carboxylic acids is 1. The van der Waals surface area contributed by atoms with Crippen LogP contribution >= 0.6 is 11.6 Å². The normalized spacial score (nSPS) is 10.8. The molecule has 0 atom stereocenters. The van der Waals surface area contributed by atoms with E-state index in [1.54, 1.807) is 37.5 Å². The molecule has 0 radical (unpaired) electrons. The number of carbonyl (C=O) groups is 1. The maximum Gasteiger partial charge on any atom is 0.189 e. The van der Waals surface area contributed by atoms with Crippen molar-refractivity contribution in [3.8, 4) is 23.0 Å². The van der Waals surface area contributed by atoms with Gasteiger partial charge in [-0.2, -0.15) is 0 Å². The summed E-state index contributed by atoms with van der Waals surface area (Å²) in [7, 11) is 4.60. The Bertz CT molecular complexity index is 1140. The summed E-state index contributed by atoms with van der Waals surface area (Å²) in [6, 6.07) is 14.6. The predicted octanol–water partition coefficient (Wildman–Crippen LogP) is 5.98. The Hall–Kier alpha value is -3.51. The third-order valence-electron chi connectivity index (χ3n) is 4.69. The number of halogens is 2. The van der Waals surface area contributed by atoms with Crippen LogP contribution in [0.3, 0.4) is 0 Å². The Kier molecular flexibility index (Phi) is 7.73. The fourth-order valence-corrected chi connectivity index (χ4v) is 3.18. The molecule has 0 saturated carbocycles. The van der Waals surface area contributed by atoms with E-state index in [1.807, 2.05) is 12.1 Å². The summed E-state index contributed by atoms with van der Waals surface area (Å²) in [5, 5.41) is -0.0161. The van der Waals surface area contributed by atoms with Crippen molar-refractivity contribution in [1.29, 1.82) is 0 Å². The molecule has 0 unspecified atom stereocenters. The van der Waals surface area contributed by atoms with Gasteiger partial charge in [0.2, 0.25) is 0 Å². The molecule has 0 amide bonds. The second kappa shape index (κ2) is 10.7. The number of benzene rings is 3. The summed E-state index contributed by atoms with van der Waals surface area (Å²) in [5.41, 5.74) is 1.92. The number of hydrogen-bond donors (Lipinski definition) is 0. The molecule has 0 aliphatic rings. The first-order valence-corrected chi connectivity index (χ1v) is 10.0. The second-order valence-electron chi connectivity index (χ2n) is 6.70. The number of hydrogen-bond acceptors (Lipinski definition) is 5. The van der Waals surface area contributed by atoms with Gasteiger partial charge in [0, 0.05) is 11.6 Å². The minimum absolute atomic E-state index is 0.0161. The van der Waals surface area contributed by atoms with Crippen molar-refractivity contribution in [2.45, 2.75) is 6.61 Å². The number of rotatable bonds is 9. The molecule has 3 aromatic rings. The van der Waals surface area contributed by atoms with Gasteiger partial charge in [0.25, 0.3) is 0 Å². The number of ketones is 1. The van der Waals surface area contributed by atoms with Crippen LogP contribution < -0.4 is 18.9 Å². The van der Waals surface area contributed by atoms with Crippen molar-refractivity contribution in [1.82, 2.24) is 0 Å². The lowest BCUT2D eigenvalue weighted by Crippen LogP contribution is -2.01. The van der Waals surface area contributed by atoms with E-state index in [0.29, 0.717) is 28.6 Å². The molecular formula is C25H22ClFO5. The smallest absolute Gasteiger partial charge is 0.189 e. The van der Waals surface area contributed by atoms with Gasteiger partial charge in [-0.1, -0.05) is 23.7 Å². The van der Waals surface area contributed by atoms with Gasteiger partial charge in [0.1, 0.15) is 35.4 Å². The Morgan fingerprint density at radius 3 is 2.31 bits per heavy atom. The van der Waals surface area contributed by atoms with Crippen LogP contribution in [0.25, 0.3) is 6.08 Å². The Morgan fingerprint density at radius 2 is 1.62 bits per heavy atom. The van der Waals surface area contributed by atoms with Crippen LogP contribution in [-0.4, -0.2) is 27.1 Å². The van der Waals surface area contributed by atoms with E-state index in [2.05, 4.69) is 0 Å². The molecule has 7 heteroatoms. The Balaban J connectivity index is 1.79. The van der Waals surface area contributed by atoms with Gasteiger partial charge in [0.15, 0.2) is 5.78 Å². The van der Waals surface area contributed by atoms with Crippen molar-refractivity contribution >= 4 is 23.5 Å². The zero-order valence-corrected chi connectivity index (χ0v) is 18.6. The molecule has 0 spiro atoms. The third-order valence-corrected chi connectivity index (χ3v) is 4.98. The van der Waals surface area contributed by atoms with Gasteiger partial charge in [-0.15, -0.1) is 0 Å². The summed E-state index contributed by atoms with van der Waals surface area (Å²) in [5.74, 6) is 1.33. The lowest BCUT2D eigenvalue weighted by Gasteiger charge is -2.12. The fourth-order valence-electron chi connectivity index (χ4n) is 3.01. The van der Waals surface area contributed by atoms with Crippen LogP contribution in [-0.2, 0) is 6.61 Å². The highest BCUT2D eigenvalue weighted by Crippen LogP contribution is 2.27. The van der Waals surface area contributed by atoms with E-state index in [0.717, 1.165) is 11.1 Å². The summed E-state index contributed by atoms with van der Waals surface area (Å²) < 4.78 is 34.9. The number of methoxy groups -OCH3 is 3. The monoisotopic (exact) mass is 456 g/mol. The lowest BCUT2D eigenvalue weighted by molar-refractivity contribution is 0.104. The molecule has 3 rings (SSSR count). The first kappa shape index (κ1) is 23.2. The predicted molar refractivity (Wildman–Crippen MR) is 122 cm³/mol. The van der Waals surface area contributed by atoms with E-state index < -0.39 is 5.82 Å². The van der Waals surface area contributed by atoms with E-state index in [4.69, 9.17) is 30.5 Å². The standard InChI is InChI=1S/C25H22ClFO5/c1-29-18-7-11-25(31-3)20(13-18)23(28)9-4-16-5-10-24(30-2)17(12-16)15-32-19-6-8-22(27)21(26)14-19/h4-14H,15H2,1-3H3/b9-4+. The van der Waals surface area contributed by atoms with Crippen LogP contribution in [0, 0.1) is 5.82 Å². The van der Waals surface area contributed by atoms with Crippen molar-refractivity contribution in [2.24, 2.45) is 0 Å². The van der Waals surface area contributed by atoms with Crippen LogP contribution in [0.1, 0.15) is 21.5 Å². The quantitative estimate of drug-likeness (QED) is 0.293. The maximum atomic E-state index is 13.3.